The number of benzene rings is 2. The number of aldehydes is 1. The monoisotopic (exact) mass is 238 g/mol. The minimum atomic E-state index is -0.160. The van der Waals surface area contributed by atoms with Gasteiger partial charge in [-0.2, -0.15) is 0 Å². The van der Waals surface area contributed by atoms with Gasteiger partial charge in [0.25, 0.3) is 0 Å². The number of carbonyl (C=O) groups excluding carboxylic acids is 1. The minimum absolute atomic E-state index is 0.160. The number of rotatable bonds is 4. The predicted molar refractivity (Wildman–Crippen MR) is 72.8 cm³/mol. The second-order valence-corrected chi connectivity index (χ2v) is 3.90. The Morgan fingerprint density at radius 2 is 1.39 bits per heavy atom. The lowest BCUT2D eigenvalue weighted by Gasteiger charge is -2.09. The molecule has 1 N–H and O–H groups in total. The maximum Gasteiger partial charge on any atom is 0.151 e. The molecule has 0 spiro atoms. The molecule has 18 heavy (non-hydrogen) atoms. The number of allylic oxidation sites excluding steroid dienone is 1. The molecule has 0 heterocycles. The Bertz CT molecular complexity index is 542. The van der Waals surface area contributed by atoms with E-state index in [1.54, 1.807) is 0 Å². The molecule has 0 fully saturated rings. The quantitative estimate of drug-likeness (QED) is 0.505. The Hall–Kier alpha value is -2.19. The molecule has 2 aromatic carbocycles. The highest BCUT2D eigenvalue weighted by Gasteiger charge is 2.09. The summed E-state index contributed by atoms with van der Waals surface area (Å²) in [6.07, 6.45) is 0.799. The molecule has 0 saturated carbocycles. The van der Waals surface area contributed by atoms with E-state index in [1.165, 1.54) is 0 Å². The van der Waals surface area contributed by atoms with Crippen LogP contribution in [0.1, 0.15) is 11.1 Å². The van der Waals surface area contributed by atoms with Crippen LogP contribution in [0.3, 0.4) is 0 Å². The van der Waals surface area contributed by atoms with Gasteiger partial charge >= 0.3 is 0 Å². The van der Waals surface area contributed by atoms with Gasteiger partial charge in [0, 0.05) is 5.57 Å². The van der Waals surface area contributed by atoms with Gasteiger partial charge in [-0.05, 0) is 16.7 Å². The minimum Gasteiger partial charge on any atom is -0.392 e. The normalized spacial score (nSPS) is 11.8. The lowest BCUT2D eigenvalue weighted by Crippen LogP contribution is -1.98. The number of aliphatic hydroxyl groups excluding tert-OH is 1. The smallest absolute Gasteiger partial charge is 0.151 e. The van der Waals surface area contributed by atoms with E-state index in [2.05, 4.69) is 0 Å². The maximum absolute atomic E-state index is 11.3. The van der Waals surface area contributed by atoms with Crippen molar-refractivity contribution in [2.75, 3.05) is 6.61 Å². The van der Waals surface area contributed by atoms with E-state index in [0.717, 1.165) is 17.4 Å². The molecular weight excluding hydrogens is 224 g/mol. The first-order valence-electron chi connectivity index (χ1n) is 5.77. The molecule has 0 aliphatic rings. The summed E-state index contributed by atoms with van der Waals surface area (Å²) >= 11 is 0. The van der Waals surface area contributed by atoms with Crippen LogP contribution in [0.4, 0.5) is 0 Å². The first kappa shape index (κ1) is 12.3. The zero-order valence-corrected chi connectivity index (χ0v) is 9.91. The van der Waals surface area contributed by atoms with Crippen LogP contribution < -0.4 is 0 Å². The fourth-order valence-corrected chi connectivity index (χ4v) is 1.90. The van der Waals surface area contributed by atoms with Gasteiger partial charge < -0.3 is 5.11 Å². The molecule has 0 bridgehead atoms. The summed E-state index contributed by atoms with van der Waals surface area (Å²) in [6, 6.07) is 18.8. The van der Waals surface area contributed by atoms with Crippen molar-refractivity contribution >= 4 is 17.4 Å². The van der Waals surface area contributed by atoms with Crippen LogP contribution in [-0.4, -0.2) is 18.0 Å². The third-order valence-corrected chi connectivity index (χ3v) is 2.81. The van der Waals surface area contributed by atoms with Crippen LogP contribution in [-0.2, 0) is 4.79 Å². The predicted octanol–water partition coefficient (Wildman–Crippen LogP) is 2.79. The molecule has 2 rings (SSSR count). The van der Waals surface area contributed by atoms with Crippen LogP contribution in [0.2, 0.25) is 0 Å². The zero-order chi connectivity index (χ0) is 12.8. The van der Waals surface area contributed by atoms with E-state index >= 15 is 0 Å². The van der Waals surface area contributed by atoms with Crippen LogP contribution in [0, 0.1) is 0 Å². The largest absolute Gasteiger partial charge is 0.392 e. The van der Waals surface area contributed by atoms with Gasteiger partial charge in [-0.1, -0.05) is 60.7 Å². The second kappa shape index (κ2) is 5.94. The summed E-state index contributed by atoms with van der Waals surface area (Å²) in [5.74, 6) is 0. The van der Waals surface area contributed by atoms with E-state index in [1.807, 2.05) is 60.7 Å². The fourth-order valence-electron chi connectivity index (χ4n) is 1.90. The molecule has 0 radical (unpaired) electrons. The maximum atomic E-state index is 11.3. The summed E-state index contributed by atoms with van der Waals surface area (Å²) < 4.78 is 0. The van der Waals surface area contributed by atoms with E-state index in [0.29, 0.717) is 11.1 Å². The average molecular weight is 238 g/mol. The third-order valence-electron chi connectivity index (χ3n) is 2.81. The van der Waals surface area contributed by atoms with E-state index in [-0.39, 0.29) is 6.61 Å². The summed E-state index contributed by atoms with van der Waals surface area (Å²) in [5.41, 5.74) is 2.87. The number of hydrogen-bond acceptors (Lipinski definition) is 2. The van der Waals surface area contributed by atoms with Crippen molar-refractivity contribution in [1.82, 2.24) is 0 Å². The molecular formula is C16H14O2. The highest BCUT2D eigenvalue weighted by Crippen LogP contribution is 2.24. The first-order chi connectivity index (χ1) is 8.86. The first-order valence-corrected chi connectivity index (χ1v) is 5.77. The van der Waals surface area contributed by atoms with Gasteiger partial charge in [0.15, 0.2) is 6.29 Å². The van der Waals surface area contributed by atoms with Gasteiger partial charge in [0.05, 0.1) is 6.61 Å². The SMILES string of the molecule is O=CC(=C(CO)c1ccccc1)c1ccccc1. The van der Waals surface area contributed by atoms with Gasteiger partial charge in [0.1, 0.15) is 0 Å². The average Bonchev–Trinajstić information content (AvgIpc) is 2.46. The zero-order valence-electron chi connectivity index (χ0n) is 9.91. The molecule has 2 nitrogen and oxygen atoms in total. The summed E-state index contributed by atoms with van der Waals surface area (Å²) in [4.78, 5) is 11.3. The van der Waals surface area contributed by atoms with Gasteiger partial charge in [-0.3, -0.25) is 4.79 Å². The standard InChI is InChI=1S/C16H14O2/c17-11-15(13-7-3-1-4-8-13)16(12-18)14-9-5-2-6-10-14/h1-11,18H,12H2. The summed E-state index contributed by atoms with van der Waals surface area (Å²) in [6.45, 7) is -0.160. The lowest BCUT2D eigenvalue weighted by atomic mass is 9.96. The molecule has 0 unspecified atom stereocenters. The Morgan fingerprint density at radius 3 is 1.83 bits per heavy atom. The van der Waals surface area contributed by atoms with E-state index < -0.39 is 0 Å². The molecule has 90 valence electrons. The van der Waals surface area contributed by atoms with Crippen molar-refractivity contribution in [3.8, 4) is 0 Å². The molecule has 0 aliphatic heterocycles. The van der Waals surface area contributed by atoms with Crippen molar-refractivity contribution in [3.63, 3.8) is 0 Å². The van der Waals surface area contributed by atoms with E-state index in [4.69, 9.17) is 0 Å². The number of carbonyl (C=O) groups is 1. The Kier molecular flexibility index (Phi) is 4.05. The molecule has 0 aliphatic carbocycles. The van der Waals surface area contributed by atoms with Crippen LogP contribution in [0.15, 0.2) is 60.7 Å². The van der Waals surface area contributed by atoms with E-state index in [9.17, 15) is 9.90 Å². The fraction of sp³-hybridized carbons (Fsp3) is 0.0625. The van der Waals surface area contributed by atoms with Crippen molar-refractivity contribution in [2.24, 2.45) is 0 Å². The molecule has 0 saturated heterocycles. The molecule has 2 heteroatoms. The second-order valence-electron chi connectivity index (χ2n) is 3.90. The summed E-state index contributed by atoms with van der Waals surface area (Å²) in [7, 11) is 0. The Labute approximate surface area is 106 Å². The van der Waals surface area contributed by atoms with Crippen molar-refractivity contribution in [1.29, 1.82) is 0 Å². The Morgan fingerprint density at radius 1 is 0.889 bits per heavy atom. The molecule has 2 aromatic rings. The topological polar surface area (TPSA) is 37.3 Å². The molecule has 0 aromatic heterocycles. The number of hydrogen-bond donors (Lipinski definition) is 1. The molecule has 0 amide bonds. The Balaban J connectivity index is 2.57. The van der Waals surface area contributed by atoms with Gasteiger partial charge in [0.2, 0.25) is 0 Å². The van der Waals surface area contributed by atoms with Gasteiger partial charge in [-0.15, -0.1) is 0 Å². The van der Waals surface area contributed by atoms with Crippen LogP contribution in [0.5, 0.6) is 0 Å². The highest BCUT2D eigenvalue weighted by molar-refractivity contribution is 6.17. The van der Waals surface area contributed by atoms with Gasteiger partial charge in [-0.25, -0.2) is 0 Å². The molecule has 0 atom stereocenters. The third kappa shape index (κ3) is 2.55. The summed E-state index contributed by atoms with van der Waals surface area (Å²) in [5, 5.41) is 9.53. The lowest BCUT2D eigenvalue weighted by molar-refractivity contribution is -0.103. The van der Waals surface area contributed by atoms with Crippen LogP contribution in [0.25, 0.3) is 11.1 Å². The van der Waals surface area contributed by atoms with Crippen LogP contribution >= 0.6 is 0 Å². The number of aliphatic hydroxyl groups is 1. The van der Waals surface area contributed by atoms with Crippen molar-refractivity contribution in [3.05, 3.63) is 71.8 Å². The van der Waals surface area contributed by atoms with Crippen molar-refractivity contribution < 1.29 is 9.90 Å². The highest BCUT2D eigenvalue weighted by atomic mass is 16.3. The van der Waals surface area contributed by atoms with Crippen molar-refractivity contribution in [2.45, 2.75) is 0 Å².